The van der Waals surface area contributed by atoms with Gasteiger partial charge in [0, 0.05) is 11.1 Å². The molecule has 0 N–H and O–H groups in total. The average Bonchev–Trinajstić information content (AvgIpc) is 3.04. The Labute approximate surface area is 158 Å². The van der Waals surface area contributed by atoms with Crippen LogP contribution in [0.1, 0.15) is 51.0 Å². The zero-order valence-electron chi connectivity index (χ0n) is 14.9. The van der Waals surface area contributed by atoms with E-state index in [0.29, 0.717) is 0 Å². The van der Waals surface area contributed by atoms with Gasteiger partial charge in [0.25, 0.3) is 0 Å². The molecule has 1 nitrogen and oxygen atoms in total. The normalized spacial score (nSPS) is 18.1. The summed E-state index contributed by atoms with van der Waals surface area (Å²) in [5.41, 5.74) is 8.97. The predicted octanol–water partition coefficient (Wildman–Crippen LogP) is 5.68. The molecule has 0 heterocycles. The summed E-state index contributed by atoms with van der Waals surface area (Å²) in [7, 11) is 0. The number of carbonyl (C=O) groups excluding carboxylic acids is 1. The van der Waals surface area contributed by atoms with E-state index in [2.05, 4.69) is 60.7 Å². The third kappa shape index (κ3) is 1.67. The Balaban J connectivity index is 1.85. The van der Waals surface area contributed by atoms with E-state index in [-0.39, 0.29) is 11.2 Å². The molecular weight excluding hydrogens is 328 g/mol. The molecule has 0 bridgehead atoms. The molecule has 0 aromatic heterocycles. The van der Waals surface area contributed by atoms with E-state index < -0.39 is 0 Å². The maximum Gasteiger partial charge on any atom is 0.193 e. The number of ketones is 1. The fourth-order valence-electron chi connectivity index (χ4n) is 5.40. The topological polar surface area (TPSA) is 17.1 Å². The van der Waals surface area contributed by atoms with Crippen LogP contribution < -0.4 is 0 Å². The van der Waals surface area contributed by atoms with Gasteiger partial charge in [-0.15, -0.1) is 0 Å². The summed E-state index contributed by atoms with van der Waals surface area (Å²) in [6.07, 6.45) is 6.73. The molecule has 0 aliphatic heterocycles. The van der Waals surface area contributed by atoms with Gasteiger partial charge in [-0.2, -0.15) is 0 Å². The molecule has 0 atom stereocenters. The van der Waals surface area contributed by atoms with E-state index >= 15 is 0 Å². The molecular formula is C26H18O. The lowest BCUT2D eigenvalue weighted by atomic mass is 9.60. The molecule has 0 saturated carbocycles. The molecule has 3 aromatic carbocycles. The number of hydrogen-bond donors (Lipinski definition) is 0. The molecule has 0 radical (unpaired) electrons. The third-order valence-electron chi connectivity index (χ3n) is 6.38. The van der Waals surface area contributed by atoms with Gasteiger partial charge in [0.2, 0.25) is 0 Å². The number of carbonyl (C=O) groups is 1. The molecule has 0 unspecified atom stereocenters. The van der Waals surface area contributed by atoms with Crippen LogP contribution in [0.15, 0.2) is 90.5 Å². The summed E-state index contributed by atoms with van der Waals surface area (Å²) in [5, 5.41) is 0. The standard InChI is InChI=1S/C26H18O/c27-25-19-11-3-7-15-23(19)26(24-16-8-4-12-20(24)25)21-13-5-1-9-17(21)18-10-2-6-14-22(18)26/h1,3-9,11-16H,2,10H2. The molecule has 0 fully saturated rings. The van der Waals surface area contributed by atoms with Crippen LogP contribution in [0.3, 0.4) is 0 Å². The smallest absolute Gasteiger partial charge is 0.193 e. The van der Waals surface area contributed by atoms with Gasteiger partial charge < -0.3 is 0 Å². The largest absolute Gasteiger partial charge is 0.289 e. The number of hydrogen-bond acceptors (Lipinski definition) is 1. The Morgan fingerprint density at radius 1 is 0.667 bits per heavy atom. The predicted molar refractivity (Wildman–Crippen MR) is 108 cm³/mol. The van der Waals surface area contributed by atoms with Crippen molar-refractivity contribution in [2.45, 2.75) is 18.3 Å². The van der Waals surface area contributed by atoms with Gasteiger partial charge in [0.15, 0.2) is 5.78 Å². The number of allylic oxidation sites excluding steroid dienone is 4. The van der Waals surface area contributed by atoms with Crippen molar-refractivity contribution in [3.63, 3.8) is 0 Å². The fourth-order valence-corrected chi connectivity index (χ4v) is 5.40. The second kappa shape index (κ2) is 5.17. The Bertz CT molecular complexity index is 1140. The molecule has 1 heteroatoms. The van der Waals surface area contributed by atoms with Crippen LogP contribution >= 0.6 is 0 Å². The Morgan fingerprint density at radius 3 is 1.81 bits per heavy atom. The maximum absolute atomic E-state index is 13.3. The van der Waals surface area contributed by atoms with Crippen LogP contribution in [0.2, 0.25) is 0 Å². The first kappa shape index (κ1) is 14.9. The van der Waals surface area contributed by atoms with E-state index in [1.807, 2.05) is 24.3 Å². The van der Waals surface area contributed by atoms with E-state index in [9.17, 15) is 4.79 Å². The average molecular weight is 346 g/mol. The summed E-state index contributed by atoms with van der Waals surface area (Å²) in [4.78, 5) is 13.3. The minimum absolute atomic E-state index is 0.137. The lowest BCUT2D eigenvalue weighted by Crippen LogP contribution is -2.37. The van der Waals surface area contributed by atoms with Crippen LogP contribution in [0.25, 0.3) is 5.57 Å². The molecule has 3 aliphatic rings. The van der Waals surface area contributed by atoms with Crippen LogP contribution in [-0.2, 0) is 5.41 Å². The quantitative estimate of drug-likeness (QED) is 0.511. The van der Waals surface area contributed by atoms with E-state index in [1.54, 1.807) is 0 Å². The summed E-state index contributed by atoms with van der Waals surface area (Å²) in [6.45, 7) is 0. The zero-order chi connectivity index (χ0) is 18.0. The minimum atomic E-state index is -0.385. The van der Waals surface area contributed by atoms with Crippen molar-refractivity contribution in [3.05, 3.63) is 124 Å². The van der Waals surface area contributed by atoms with E-state index in [1.165, 1.54) is 22.3 Å². The fraction of sp³-hybridized carbons (Fsp3) is 0.115. The summed E-state index contributed by atoms with van der Waals surface area (Å²) in [5.74, 6) is 0.137. The van der Waals surface area contributed by atoms with Gasteiger partial charge in [-0.05, 0) is 46.2 Å². The molecule has 0 amide bonds. The van der Waals surface area contributed by atoms with Gasteiger partial charge in [0.05, 0.1) is 5.41 Å². The molecule has 1 spiro atoms. The summed E-state index contributed by atoms with van der Waals surface area (Å²) < 4.78 is 0. The van der Waals surface area contributed by atoms with Crippen molar-refractivity contribution < 1.29 is 4.79 Å². The van der Waals surface area contributed by atoms with Crippen LogP contribution in [0.4, 0.5) is 0 Å². The van der Waals surface area contributed by atoms with Gasteiger partial charge in [-0.25, -0.2) is 0 Å². The van der Waals surface area contributed by atoms with Gasteiger partial charge in [0.1, 0.15) is 0 Å². The van der Waals surface area contributed by atoms with Gasteiger partial charge in [-0.1, -0.05) is 84.9 Å². The zero-order valence-corrected chi connectivity index (χ0v) is 14.9. The Morgan fingerprint density at radius 2 is 1.19 bits per heavy atom. The molecule has 27 heavy (non-hydrogen) atoms. The van der Waals surface area contributed by atoms with Crippen LogP contribution in [0.5, 0.6) is 0 Å². The van der Waals surface area contributed by atoms with Gasteiger partial charge in [-0.3, -0.25) is 4.79 Å². The monoisotopic (exact) mass is 346 g/mol. The van der Waals surface area contributed by atoms with Crippen molar-refractivity contribution in [1.29, 1.82) is 0 Å². The first-order valence-corrected chi connectivity index (χ1v) is 9.57. The first-order chi connectivity index (χ1) is 13.3. The number of rotatable bonds is 0. The van der Waals surface area contributed by atoms with Crippen molar-refractivity contribution in [2.75, 3.05) is 0 Å². The highest BCUT2D eigenvalue weighted by atomic mass is 16.1. The first-order valence-electron chi connectivity index (χ1n) is 9.57. The summed E-state index contributed by atoms with van der Waals surface area (Å²) in [6, 6.07) is 25.1. The second-order valence-corrected chi connectivity index (χ2v) is 7.55. The highest BCUT2D eigenvalue weighted by Crippen LogP contribution is 2.59. The van der Waals surface area contributed by atoms with Crippen LogP contribution in [-0.4, -0.2) is 5.78 Å². The summed E-state index contributed by atoms with van der Waals surface area (Å²) >= 11 is 0. The van der Waals surface area contributed by atoms with Gasteiger partial charge >= 0.3 is 0 Å². The van der Waals surface area contributed by atoms with E-state index in [0.717, 1.165) is 35.1 Å². The van der Waals surface area contributed by atoms with Crippen molar-refractivity contribution in [3.8, 4) is 0 Å². The lowest BCUT2D eigenvalue weighted by Gasteiger charge is -2.40. The number of benzene rings is 3. The van der Waals surface area contributed by atoms with Crippen molar-refractivity contribution >= 4 is 11.4 Å². The molecule has 3 aliphatic carbocycles. The van der Waals surface area contributed by atoms with Crippen molar-refractivity contribution in [2.24, 2.45) is 0 Å². The number of fused-ring (bicyclic) bond motifs is 8. The second-order valence-electron chi connectivity index (χ2n) is 7.55. The van der Waals surface area contributed by atoms with E-state index in [4.69, 9.17) is 0 Å². The molecule has 128 valence electrons. The maximum atomic E-state index is 13.3. The molecule has 3 aromatic rings. The molecule has 6 rings (SSSR count). The van der Waals surface area contributed by atoms with Crippen LogP contribution in [0, 0.1) is 0 Å². The Kier molecular flexibility index (Phi) is 2.86. The highest BCUT2D eigenvalue weighted by molar-refractivity contribution is 6.15. The SMILES string of the molecule is O=C1c2ccccc2C2(C3=C(CCC=C3)c3ccccc32)c2ccccc21. The molecule has 0 saturated heterocycles. The highest BCUT2D eigenvalue weighted by Gasteiger charge is 2.51. The Hall–Kier alpha value is -3.19. The van der Waals surface area contributed by atoms with Crippen molar-refractivity contribution in [1.82, 2.24) is 0 Å². The minimum Gasteiger partial charge on any atom is -0.289 e. The lowest BCUT2D eigenvalue weighted by molar-refractivity contribution is 0.103. The third-order valence-corrected chi connectivity index (χ3v) is 6.38.